The average molecular weight is 563 g/mol. The van der Waals surface area contributed by atoms with Crippen molar-refractivity contribution >= 4 is 67.5 Å². The van der Waals surface area contributed by atoms with E-state index >= 15 is 0 Å². The van der Waals surface area contributed by atoms with E-state index in [2.05, 4.69) is 20.5 Å². The Morgan fingerprint density at radius 3 is 1.25 bits per heavy atom. The topological polar surface area (TPSA) is 89.9 Å². The number of halogens is 2. The summed E-state index contributed by atoms with van der Waals surface area (Å²) in [6.45, 7) is 0. The van der Waals surface area contributed by atoms with Gasteiger partial charge in [-0.1, -0.05) is 108 Å². The summed E-state index contributed by atoms with van der Waals surface area (Å²) in [5, 5.41) is 43.0. The largest absolute Gasteiger partial charge is 0.506 e. The van der Waals surface area contributed by atoms with E-state index in [0.29, 0.717) is 43.9 Å². The third-order valence-corrected chi connectivity index (χ3v) is 7.13. The van der Waals surface area contributed by atoms with Crippen molar-refractivity contribution in [1.82, 2.24) is 0 Å². The van der Waals surface area contributed by atoms with Crippen molar-refractivity contribution in [2.24, 2.45) is 20.5 Å². The molecule has 0 saturated carbocycles. The van der Waals surface area contributed by atoms with Gasteiger partial charge in [-0.25, -0.2) is 0 Å². The van der Waals surface area contributed by atoms with Crippen LogP contribution in [0.4, 0.5) is 22.7 Å². The van der Waals surface area contributed by atoms with Crippen LogP contribution in [-0.2, 0) is 0 Å². The van der Waals surface area contributed by atoms with Crippen molar-refractivity contribution in [1.29, 1.82) is 0 Å². The summed E-state index contributed by atoms with van der Waals surface area (Å²) in [7, 11) is 0. The number of phenols is 2. The van der Waals surface area contributed by atoms with Gasteiger partial charge in [-0.2, -0.15) is 0 Å². The molecule has 6 rings (SSSR count). The van der Waals surface area contributed by atoms with Gasteiger partial charge in [0.1, 0.15) is 34.2 Å². The third-order valence-electron chi connectivity index (χ3n) is 6.52. The first-order chi connectivity index (χ1) is 19.5. The van der Waals surface area contributed by atoms with Gasteiger partial charge in [-0.3, -0.25) is 0 Å². The molecule has 2 N–H and O–H groups in total. The van der Waals surface area contributed by atoms with E-state index in [-0.39, 0.29) is 11.5 Å². The lowest BCUT2D eigenvalue weighted by atomic mass is 10.0. The number of nitrogens with zero attached hydrogens (tertiary/aromatic N) is 4. The summed E-state index contributed by atoms with van der Waals surface area (Å²) in [5.41, 5.74) is 2.67. The van der Waals surface area contributed by atoms with Gasteiger partial charge in [0.15, 0.2) is 0 Å². The average Bonchev–Trinajstić information content (AvgIpc) is 2.97. The predicted molar refractivity (Wildman–Crippen MR) is 161 cm³/mol. The van der Waals surface area contributed by atoms with E-state index in [1.54, 1.807) is 36.4 Å². The molecule has 0 radical (unpaired) electrons. The van der Waals surface area contributed by atoms with Crippen LogP contribution in [0.5, 0.6) is 11.5 Å². The van der Waals surface area contributed by atoms with Gasteiger partial charge in [0.05, 0.1) is 10.0 Å². The highest BCUT2D eigenvalue weighted by molar-refractivity contribution is 6.35. The van der Waals surface area contributed by atoms with Crippen LogP contribution in [0.2, 0.25) is 10.0 Å². The minimum Gasteiger partial charge on any atom is -0.506 e. The number of hydrogen-bond donors (Lipinski definition) is 2. The number of azo groups is 2. The Labute approximate surface area is 239 Å². The minimum absolute atomic E-state index is 0.00296. The van der Waals surface area contributed by atoms with Gasteiger partial charge in [-0.05, 0) is 35.0 Å². The standard InChI is InChI=1S/C32H20Cl2N4O2/c33-25-13-5-11-23(29(25)35-37-31-21-9-3-1-7-19(21)15-17-27(31)39)24-12-6-14-26(34)30(24)36-38-32-22-10-4-2-8-20(22)16-18-28(32)40/h1-18,39-40H. The molecule has 0 fully saturated rings. The van der Waals surface area contributed by atoms with E-state index in [1.165, 1.54) is 0 Å². The monoisotopic (exact) mass is 562 g/mol. The maximum Gasteiger partial charge on any atom is 0.143 e. The molecular weight excluding hydrogens is 543 g/mol. The second kappa shape index (κ2) is 10.8. The predicted octanol–water partition coefficient (Wildman–Crippen LogP) is 11.2. The molecule has 194 valence electrons. The van der Waals surface area contributed by atoms with Crippen LogP contribution >= 0.6 is 23.2 Å². The Kier molecular flexibility index (Phi) is 6.86. The highest BCUT2D eigenvalue weighted by Crippen LogP contribution is 2.46. The van der Waals surface area contributed by atoms with Gasteiger partial charge < -0.3 is 10.2 Å². The molecule has 0 amide bonds. The van der Waals surface area contributed by atoms with Crippen molar-refractivity contribution in [3.05, 3.63) is 119 Å². The Bertz CT molecular complexity index is 1830. The van der Waals surface area contributed by atoms with Crippen molar-refractivity contribution in [3.8, 4) is 22.6 Å². The molecule has 8 heteroatoms. The number of rotatable bonds is 5. The smallest absolute Gasteiger partial charge is 0.143 e. The van der Waals surface area contributed by atoms with Gasteiger partial charge in [0.25, 0.3) is 0 Å². The summed E-state index contributed by atoms with van der Waals surface area (Å²) in [5.74, 6) is 0.00591. The summed E-state index contributed by atoms with van der Waals surface area (Å²) in [6, 6.07) is 32.7. The van der Waals surface area contributed by atoms with Crippen molar-refractivity contribution < 1.29 is 10.2 Å². The molecule has 0 atom stereocenters. The van der Waals surface area contributed by atoms with Crippen molar-refractivity contribution in [2.75, 3.05) is 0 Å². The molecule has 40 heavy (non-hydrogen) atoms. The molecule has 0 heterocycles. The van der Waals surface area contributed by atoms with Crippen LogP contribution in [0.25, 0.3) is 32.7 Å². The van der Waals surface area contributed by atoms with E-state index in [1.807, 2.05) is 72.8 Å². The molecular formula is C32H20Cl2N4O2. The second-order valence-electron chi connectivity index (χ2n) is 8.98. The summed E-state index contributed by atoms with van der Waals surface area (Å²) in [6.07, 6.45) is 0. The van der Waals surface area contributed by atoms with Crippen LogP contribution in [0.3, 0.4) is 0 Å². The van der Waals surface area contributed by atoms with Crippen LogP contribution < -0.4 is 0 Å². The van der Waals surface area contributed by atoms with Crippen LogP contribution in [0, 0.1) is 0 Å². The molecule has 0 saturated heterocycles. The van der Waals surface area contributed by atoms with E-state index in [9.17, 15) is 10.2 Å². The zero-order chi connectivity index (χ0) is 27.6. The molecule has 0 unspecified atom stereocenters. The van der Waals surface area contributed by atoms with Gasteiger partial charge >= 0.3 is 0 Å². The number of benzene rings is 6. The molecule has 0 aromatic heterocycles. The second-order valence-corrected chi connectivity index (χ2v) is 9.80. The third kappa shape index (κ3) is 4.75. The minimum atomic E-state index is 0.00296. The quantitative estimate of drug-likeness (QED) is 0.204. The molecule has 0 aliphatic rings. The Morgan fingerprint density at radius 1 is 0.400 bits per heavy atom. The molecule has 6 nitrogen and oxygen atoms in total. The number of aromatic hydroxyl groups is 2. The maximum absolute atomic E-state index is 10.5. The lowest BCUT2D eigenvalue weighted by Crippen LogP contribution is -1.83. The van der Waals surface area contributed by atoms with Crippen molar-refractivity contribution in [2.45, 2.75) is 0 Å². The molecule has 0 aliphatic carbocycles. The Hall–Kier alpha value is -4.78. The Balaban J connectivity index is 1.48. The first-order valence-electron chi connectivity index (χ1n) is 12.3. The highest BCUT2D eigenvalue weighted by Gasteiger charge is 2.16. The molecule has 6 aromatic rings. The fraction of sp³-hybridized carbons (Fsp3) is 0. The SMILES string of the molecule is Oc1ccc2ccccc2c1N=Nc1c(Cl)cccc1-c1cccc(Cl)c1N=Nc1c(O)ccc2ccccc12. The molecule has 0 aliphatic heterocycles. The van der Waals surface area contributed by atoms with Crippen LogP contribution in [0.15, 0.2) is 130 Å². The number of phenolic OH excluding ortho intramolecular Hbond substituents is 2. The normalized spacial score (nSPS) is 11.8. The lowest BCUT2D eigenvalue weighted by Gasteiger charge is -2.11. The van der Waals surface area contributed by atoms with Crippen LogP contribution in [0.1, 0.15) is 0 Å². The molecule has 6 aromatic carbocycles. The zero-order valence-corrected chi connectivity index (χ0v) is 22.3. The maximum atomic E-state index is 10.5. The van der Waals surface area contributed by atoms with E-state index in [0.717, 1.165) is 21.5 Å². The summed E-state index contributed by atoms with van der Waals surface area (Å²) >= 11 is 13.2. The highest BCUT2D eigenvalue weighted by atomic mass is 35.5. The first-order valence-corrected chi connectivity index (χ1v) is 13.1. The van der Waals surface area contributed by atoms with E-state index in [4.69, 9.17) is 23.2 Å². The Morgan fingerprint density at radius 2 is 0.800 bits per heavy atom. The number of fused-ring (bicyclic) bond motifs is 2. The fourth-order valence-corrected chi connectivity index (χ4v) is 4.99. The first kappa shape index (κ1) is 25.5. The lowest BCUT2D eigenvalue weighted by molar-refractivity contribution is 0.476. The molecule has 0 bridgehead atoms. The van der Waals surface area contributed by atoms with E-state index < -0.39 is 0 Å². The summed E-state index contributed by atoms with van der Waals surface area (Å²) < 4.78 is 0. The molecule has 0 spiro atoms. The van der Waals surface area contributed by atoms with Crippen LogP contribution in [-0.4, -0.2) is 10.2 Å². The fourth-order valence-electron chi connectivity index (χ4n) is 4.57. The summed E-state index contributed by atoms with van der Waals surface area (Å²) in [4.78, 5) is 0. The van der Waals surface area contributed by atoms with Gasteiger partial charge in [-0.15, -0.1) is 20.5 Å². The number of hydrogen-bond acceptors (Lipinski definition) is 6. The van der Waals surface area contributed by atoms with Gasteiger partial charge in [0, 0.05) is 21.9 Å². The van der Waals surface area contributed by atoms with Gasteiger partial charge in [0.2, 0.25) is 0 Å². The van der Waals surface area contributed by atoms with Crippen molar-refractivity contribution in [3.63, 3.8) is 0 Å². The zero-order valence-electron chi connectivity index (χ0n) is 20.8.